The Morgan fingerprint density at radius 1 is 1.18 bits per heavy atom. The van der Waals surface area contributed by atoms with E-state index in [1.165, 1.54) is 12.1 Å². The molecule has 28 heavy (non-hydrogen) atoms. The maximum absolute atomic E-state index is 12.5. The van der Waals surface area contributed by atoms with Gasteiger partial charge in [-0.3, -0.25) is 9.59 Å². The lowest BCUT2D eigenvalue weighted by Crippen LogP contribution is -2.32. The van der Waals surface area contributed by atoms with E-state index < -0.39 is 18.6 Å². The fourth-order valence-electron chi connectivity index (χ4n) is 3.01. The summed E-state index contributed by atoms with van der Waals surface area (Å²) < 4.78 is 29.4. The molecule has 1 unspecified atom stereocenters. The van der Waals surface area contributed by atoms with E-state index in [1.54, 1.807) is 42.2 Å². The normalized spacial score (nSPS) is 14.9. The Morgan fingerprint density at radius 3 is 2.68 bits per heavy atom. The van der Waals surface area contributed by atoms with Gasteiger partial charge in [-0.1, -0.05) is 18.2 Å². The number of alkyl halides is 2. The minimum atomic E-state index is -2.98. The summed E-state index contributed by atoms with van der Waals surface area (Å²) >= 11 is 0. The fraction of sp³-hybridized carbons (Fsp3) is 0.300. The summed E-state index contributed by atoms with van der Waals surface area (Å²) in [7, 11) is 0. The van der Waals surface area contributed by atoms with Crippen LogP contribution in [-0.4, -0.2) is 31.0 Å². The van der Waals surface area contributed by atoms with Crippen molar-refractivity contribution in [1.82, 2.24) is 0 Å². The number of carbonyl (C=O) groups excluding carboxylic acids is 2. The van der Waals surface area contributed by atoms with Crippen LogP contribution >= 0.6 is 0 Å². The largest absolute Gasteiger partial charge is 0.433 e. The molecule has 0 spiro atoms. The van der Waals surface area contributed by atoms with E-state index in [1.807, 2.05) is 6.07 Å². The van der Waals surface area contributed by atoms with Crippen molar-refractivity contribution in [3.63, 3.8) is 0 Å². The van der Waals surface area contributed by atoms with E-state index >= 15 is 0 Å². The summed E-state index contributed by atoms with van der Waals surface area (Å²) in [6, 6.07) is 12.6. The Hall–Kier alpha value is -3.16. The van der Waals surface area contributed by atoms with Gasteiger partial charge in [-0.05, 0) is 43.7 Å². The number of rotatable bonds is 7. The molecule has 1 heterocycles. The third kappa shape index (κ3) is 4.76. The molecular weight excluding hydrogens is 368 g/mol. The molecule has 0 aliphatic carbocycles. The van der Waals surface area contributed by atoms with Crippen molar-refractivity contribution < 1.29 is 23.1 Å². The van der Waals surface area contributed by atoms with Gasteiger partial charge in [0.2, 0.25) is 11.8 Å². The van der Waals surface area contributed by atoms with Crippen LogP contribution in [0.5, 0.6) is 5.75 Å². The van der Waals surface area contributed by atoms with Crippen LogP contribution < -0.4 is 20.3 Å². The van der Waals surface area contributed by atoms with E-state index in [0.29, 0.717) is 18.7 Å². The predicted molar refractivity (Wildman–Crippen MR) is 103 cm³/mol. The second kappa shape index (κ2) is 8.69. The van der Waals surface area contributed by atoms with Crippen LogP contribution in [0, 0.1) is 0 Å². The average molecular weight is 389 g/mol. The smallest absolute Gasteiger partial charge is 0.387 e. The van der Waals surface area contributed by atoms with Gasteiger partial charge in [-0.25, -0.2) is 0 Å². The molecule has 0 aromatic heterocycles. The second-order valence-electron chi connectivity index (χ2n) is 6.43. The average Bonchev–Trinajstić information content (AvgIpc) is 3.09. The van der Waals surface area contributed by atoms with E-state index in [4.69, 9.17) is 0 Å². The molecule has 1 fully saturated rings. The topological polar surface area (TPSA) is 70.7 Å². The first-order valence-electron chi connectivity index (χ1n) is 8.95. The van der Waals surface area contributed by atoms with Crippen LogP contribution in [0.4, 0.5) is 25.8 Å². The summed E-state index contributed by atoms with van der Waals surface area (Å²) in [5.74, 6) is -0.431. The number of nitrogens with zero attached hydrogens (tertiary/aromatic N) is 1. The lowest BCUT2D eigenvalue weighted by atomic mass is 10.2. The molecule has 1 aliphatic rings. The number of benzene rings is 2. The number of carbonyl (C=O) groups is 2. The standard InChI is InChI=1S/C20H21F2N3O3/c1-13(19(27)24-16-8-2-3-9-17(16)28-20(21)22)23-14-6-4-7-15(12-14)25-11-5-10-18(25)26/h2-4,6-9,12-13,20,23H,5,10-11H2,1H3,(H,24,27). The number of halogens is 2. The Labute approximate surface area is 161 Å². The molecule has 2 aromatic rings. The van der Waals surface area contributed by atoms with Gasteiger partial charge in [0.1, 0.15) is 11.8 Å². The highest BCUT2D eigenvalue weighted by molar-refractivity contribution is 5.98. The third-order valence-electron chi connectivity index (χ3n) is 4.37. The van der Waals surface area contributed by atoms with Crippen LogP contribution in [-0.2, 0) is 9.59 Å². The fourth-order valence-corrected chi connectivity index (χ4v) is 3.01. The Morgan fingerprint density at radius 2 is 1.96 bits per heavy atom. The Bertz CT molecular complexity index is 860. The molecule has 1 saturated heterocycles. The molecule has 148 valence electrons. The number of hydrogen-bond acceptors (Lipinski definition) is 4. The number of nitrogens with one attached hydrogen (secondary N) is 2. The summed E-state index contributed by atoms with van der Waals surface area (Å²) in [4.78, 5) is 26.1. The van der Waals surface area contributed by atoms with Crippen molar-refractivity contribution in [2.75, 3.05) is 22.1 Å². The SMILES string of the molecule is CC(Nc1cccc(N2CCCC2=O)c1)C(=O)Nc1ccccc1OC(F)F. The van der Waals surface area contributed by atoms with Gasteiger partial charge < -0.3 is 20.3 Å². The highest BCUT2D eigenvalue weighted by Gasteiger charge is 2.22. The van der Waals surface area contributed by atoms with Crippen LogP contribution in [0.25, 0.3) is 0 Å². The van der Waals surface area contributed by atoms with Gasteiger partial charge >= 0.3 is 6.61 Å². The molecule has 1 atom stereocenters. The monoisotopic (exact) mass is 389 g/mol. The van der Waals surface area contributed by atoms with Crippen molar-refractivity contribution >= 4 is 28.9 Å². The summed E-state index contributed by atoms with van der Waals surface area (Å²) in [5.41, 5.74) is 1.62. The minimum Gasteiger partial charge on any atom is -0.433 e. The number of anilines is 3. The molecule has 3 rings (SSSR count). The number of hydrogen-bond donors (Lipinski definition) is 2. The van der Waals surface area contributed by atoms with Crippen LogP contribution in [0.15, 0.2) is 48.5 Å². The maximum Gasteiger partial charge on any atom is 0.387 e. The molecule has 0 radical (unpaired) electrons. The van der Waals surface area contributed by atoms with Gasteiger partial charge in [-0.2, -0.15) is 8.78 Å². The molecule has 0 saturated carbocycles. The molecule has 2 amide bonds. The first-order chi connectivity index (χ1) is 13.4. The molecule has 6 nitrogen and oxygen atoms in total. The van der Waals surface area contributed by atoms with E-state index in [2.05, 4.69) is 15.4 Å². The van der Waals surface area contributed by atoms with Crippen LogP contribution in [0.2, 0.25) is 0 Å². The Balaban J connectivity index is 1.66. The van der Waals surface area contributed by atoms with E-state index in [-0.39, 0.29) is 17.3 Å². The van der Waals surface area contributed by atoms with Gasteiger partial charge in [0, 0.05) is 24.3 Å². The quantitative estimate of drug-likeness (QED) is 0.755. The number of para-hydroxylation sites is 2. The van der Waals surface area contributed by atoms with Crippen molar-refractivity contribution in [1.29, 1.82) is 0 Å². The third-order valence-corrected chi connectivity index (χ3v) is 4.37. The first-order valence-corrected chi connectivity index (χ1v) is 8.95. The van der Waals surface area contributed by atoms with Crippen LogP contribution in [0.1, 0.15) is 19.8 Å². The molecule has 8 heteroatoms. The summed E-state index contributed by atoms with van der Waals surface area (Å²) in [6.45, 7) is -0.650. The molecular formula is C20H21F2N3O3. The van der Waals surface area contributed by atoms with Crippen LogP contribution in [0.3, 0.4) is 0 Å². The lowest BCUT2D eigenvalue weighted by molar-refractivity contribution is -0.117. The summed E-state index contributed by atoms with van der Waals surface area (Å²) in [5, 5.41) is 5.65. The van der Waals surface area contributed by atoms with Crippen molar-refractivity contribution in [2.24, 2.45) is 0 Å². The zero-order chi connectivity index (χ0) is 20.1. The maximum atomic E-state index is 12.5. The number of ether oxygens (including phenoxy) is 1. The molecule has 2 aromatic carbocycles. The van der Waals surface area contributed by atoms with Gasteiger partial charge in [0.25, 0.3) is 0 Å². The second-order valence-corrected chi connectivity index (χ2v) is 6.43. The Kier molecular flexibility index (Phi) is 6.08. The van der Waals surface area contributed by atoms with Crippen molar-refractivity contribution in [2.45, 2.75) is 32.4 Å². The molecule has 1 aliphatic heterocycles. The van der Waals surface area contributed by atoms with Gasteiger partial charge in [-0.15, -0.1) is 0 Å². The highest BCUT2D eigenvalue weighted by Crippen LogP contribution is 2.27. The lowest BCUT2D eigenvalue weighted by Gasteiger charge is -2.19. The van der Waals surface area contributed by atoms with E-state index in [0.717, 1.165) is 12.1 Å². The van der Waals surface area contributed by atoms with E-state index in [9.17, 15) is 18.4 Å². The van der Waals surface area contributed by atoms with Gasteiger partial charge in [0.05, 0.1) is 5.69 Å². The van der Waals surface area contributed by atoms with Crippen molar-refractivity contribution in [3.05, 3.63) is 48.5 Å². The molecule has 2 N–H and O–H groups in total. The molecule has 0 bridgehead atoms. The van der Waals surface area contributed by atoms with Gasteiger partial charge in [0.15, 0.2) is 0 Å². The minimum absolute atomic E-state index is 0.0820. The zero-order valence-electron chi connectivity index (χ0n) is 15.3. The summed E-state index contributed by atoms with van der Waals surface area (Å²) in [6.07, 6.45) is 1.37. The zero-order valence-corrected chi connectivity index (χ0v) is 15.3. The highest BCUT2D eigenvalue weighted by atomic mass is 19.3. The predicted octanol–water partition coefficient (Wildman–Crippen LogP) is 3.85. The first kappa shape index (κ1) is 19.6. The van der Waals surface area contributed by atoms with Crippen molar-refractivity contribution in [3.8, 4) is 5.75 Å². The number of amides is 2.